The van der Waals surface area contributed by atoms with Gasteiger partial charge in [-0.25, -0.2) is 4.79 Å². The first-order valence-electron chi connectivity index (χ1n) is 9.69. The molecule has 2 heterocycles. The summed E-state index contributed by atoms with van der Waals surface area (Å²) in [5, 5.41) is 12.6. The Bertz CT molecular complexity index is 707. The van der Waals surface area contributed by atoms with Crippen molar-refractivity contribution in [3.63, 3.8) is 0 Å². The summed E-state index contributed by atoms with van der Waals surface area (Å²) in [4.78, 5) is 28.2. The highest BCUT2D eigenvalue weighted by molar-refractivity contribution is 5.80. The van der Waals surface area contributed by atoms with Gasteiger partial charge >= 0.3 is 12.0 Å². The highest BCUT2D eigenvalue weighted by atomic mass is 16.4. The van der Waals surface area contributed by atoms with Crippen LogP contribution in [0.3, 0.4) is 0 Å². The largest absolute Gasteiger partial charge is 0.481 e. The molecule has 140 valence electrons. The van der Waals surface area contributed by atoms with Gasteiger partial charge in [-0.3, -0.25) is 4.79 Å². The predicted molar refractivity (Wildman–Crippen MR) is 99.4 cm³/mol. The van der Waals surface area contributed by atoms with Crippen LogP contribution >= 0.6 is 0 Å². The third kappa shape index (κ3) is 2.91. The van der Waals surface area contributed by atoms with Gasteiger partial charge in [0.05, 0.1) is 5.41 Å². The molecule has 0 radical (unpaired) electrons. The summed E-state index contributed by atoms with van der Waals surface area (Å²) in [6.45, 7) is 3.54. The van der Waals surface area contributed by atoms with Crippen LogP contribution in [-0.2, 0) is 11.2 Å². The summed E-state index contributed by atoms with van der Waals surface area (Å²) < 4.78 is 0. The van der Waals surface area contributed by atoms with Crippen LogP contribution in [0.4, 0.5) is 10.5 Å². The smallest absolute Gasteiger partial charge is 0.317 e. The second kappa shape index (κ2) is 6.82. The lowest BCUT2D eigenvalue weighted by molar-refractivity contribution is -0.149. The molecule has 2 atom stereocenters. The van der Waals surface area contributed by atoms with Gasteiger partial charge in [-0.2, -0.15) is 0 Å². The van der Waals surface area contributed by atoms with Gasteiger partial charge in [0, 0.05) is 38.4 Å². The lowest BCUT2D eigenvalue weighted by Gasteiger charge is -2.23. The standard InChI is InChI=1S/C20H27N3O3/c24-18(25)20-9-3-6-16(20)13-23(14-20)19(26)21-10-4-11-22-12-8-15-5-1-2-7-17(15)22/h1-2,5,7,16H,3-4,6,8-14H2,(H,21,26)(H,24,25)/t16-,20+/m0/s1. The molecule has 26 heavy (non-hydrogen) atoms. The van der Waals surface area contributed by atoms with E-state index < -0.39 is 11.4 Å². The molecule has 1 saturated carbocycles. The average Bonchev–Trinajstić information content (AvgIpc) is 3.31. The molecule has 3 aliphatic rings. The predicted octanol–water partition coefficient (Wildman–Crippen LogP) is 2.34. The number of aliphatic carboxylic acids is 1. The number of carbonyl (C=O) groups is 2. The van der Waals surface area contributed by atoms with E-state index in [9.17, 15) is 14.7 Å². The van der Waals surface area contributed by atoms with E-state index in [1.54, 1.807) is 4.90 Å². The normalized spacial score (nSPS) is 26.7. The molecule has 0 bridgehead atoms. The van der Waals surface area contributed by atoms with Crippen molar-refractivity contribution in [3.05, 3.63) is 29.8 Å². The van der Waals surface area contributed by atoms with Crippen LogP contribution in [0, 0.1) is 11.3 Å². The van der Waals surface area contributed by atoms with Crippen molar-refractivity contribution in [1.29, 1.82) is 0 Å². The minimum atomic E-state index is -0.733. The van der Waals surface area contributed by atoms with E-state index in [0.717, 1.165) is 38.8 Å². The molecule has 1 aromatic carbocycles. The van der Waals surface area contributed by atoms with Gasteiger partial charge in [0.2, 0.25) is 0 Å². The van der Waals surface area contributed by atoms with Gasteiger partial charge in [-0.05, 0) is 43.2 Å². The number of carboxylic acids is 1. The molecule has 6 nitrogen and oxygen atoms in total. The molecule has 2 aliphatic heterocycles. The van der Waals surface area contributed by atoms with E-state index in [2.05, 4.69) is 34.5 Å². The Kier molecular flexibility index (Phi) is 4.51. The molecule has 6 heteroatoms. The lowest BCUT2D eigenvalue weighted by Crippen LogP contribution is -2.42. The molecule has 2 fully saturated rings. The fourth-order valence-electron chi connectivity index (χ4n) is 5.01. The first-order valence-corrected chi connectivity index (χ1v) is 9.69. The van der Waals surface area contributed by atoms with Crippen LogP contribution in [0.2, 0.25) is 0 Å². The van der Waals surface area contributed by atoms with Gasteiger partial charge in [0.1, 0.15) is 0 Å². The fourth-order valence-corrected chi connectivity index (χ4v) is 5.01. The van der Waals surface area contributed by atoms with E-state index >= 15 is 0 Å². The molecule has 2 amide bonds. The number of nitrogens with zero attached hydrogens (tertiary/aromatic N) is 2. The maximum atomic E-state index is 12.4. The quantitative estimate of drug-likeness (QED) is 0.794. The Morgan fingerprint density at radius 1 is 1.31 bits per heavy atom. The minimum Gasteiger partial charge on any atom is -0.481 e. The summed E-state index contributed by atoms with van der Waals surface area (Å²) in [6, 6.07) is 8.38. The Labute approximate surface area is 154 Å². The number of benzene rings is 1. The number of hydrogen-bond donors (Lipinski definition) is 2. The Morgan fingerprint density at radius 3 is 2.96 bits per heavy atom. The lowest BCUT2D eigenvalue weighted by atomic mass is 9.81. The van der Waals surface area contributed by atoms with Crippen LogP contribution < -0.4 is 10.2 Å². The number of urea groups is 1. The molecule has 1 saturated heterocycles. The van der Waals surface area contributed by atoms with Crippen molar-refractivity contribution in [2.45, 2.75) is 32.1 Å². The molecular formula is C20H27N3O3. The van der Waals surface area contributed by atoms with Crippen LogP contribution in [0.5, 0.6) is 0 Å². The third-order valence-corrected chi connectivity index (χ3v) is 6.45. The van der Waals surface area contributed by atoms with Crippen LogP contribution in [-0.4, -0.2) is 54.7 Å². The Hall–Kier alpha value is -2.24. The summed E-state index contributed by atoms with van der Waals surface area (Å²) in [5.74, 6) is -0.616. The Balaban J connectivity index is 1.24. The SMILES string of the molecule is O=C(NCCCN1CCc2ccccc21)N1C[C@@H]2CCC[C@@]2(C(=O)O)C1. The molecule has 0 spiro atoms. The zero-order chi connectivity index (χ0) is 18.1. The summed E-state index contributed by atoms with van der Waals surface area (Å²) in [7, 11) is 0. The van der Waals surface area contributed by atoms with Crippen molar-refractivity contribution in [2.75, 3.05) is 37.6 Å². The minimum absolute atomic E-state index is 0.109. The number of hydrogen-bond acceptors (Lipinski definition) is 3. The van der Waals surface area contributed by atoms with E-state index in [0.29, 0.717) is 26.1 Å². The fraction of sp³-hybridized carbons (Fsp3) is 0.600. The molecule has 1 aromatic rings. The number of nitrogens with one attached hydrogen (secondary N) is 1. The van der Waals surface area contributed by atoms with Crippen LogP contribution in [0.25, 0.3) is 0 Å². The second-order valence-corrected chi connectivity index (χ2v) is 7.88. The first kappa shape index (κ1) is 17.2. The molecule has 4 rings (SSSR count). The van der Waals surface area contributed by atoms with E-state index in [1.807, 2.05) is 0 Å². The number of likely N-dealkylation sites (tertiary alicyclic amines) is 1. The number of amides is 2. The first-order chi connectivity index (χ1) is 12.6. The van der Waals surface area contributed by atoms with Crippen molar-refractivity contribution >= 4 is 17.7 Å². The summed E-state index contributed by atoms with van der Waals surface area (Å²) >= 11 is 0. The van der Waals surface area contributed by atoms with Crippen molar-refractivity contribution in [2.24, 2.45) is 11.3 Å². The highest BCUT2D eigenvalue weighted by Gasteiger charge is 2.55. The van der Waals surface area contributed by atoms with Gasteiger partial charge in [-0.15, -0.1) is 0 Å². The van der Waals surface area contributed by atoms with E-state index in [4.69, 9.17) is 0 Å². The number of para-hydroxylation sites is 1. The molecule has 0 unspecified atom stereocenters. The zero-order valence-corrected chi connectivity index (χ0v) is 15.1. The van der Waals surface area contributed by atoms with E-state index in [-0.39, 0.29) is 11.9 Å². The van der Waals surface area contributed by atoms with Gasteiger partial charge in [0.25, 0.3) is 0 Å². The van der Waals surface area contributed by atoms with Gasteiger partial charge in [0.15, 0.2) is 0 Å². The Morgan fingerprint density at radius 2 is 2.15 bits per heavy atom. The molecule has 2 N–H and O–H groups in total. The zero-order valence-electron chi connectivity index (χ0n) is 15.1. The average molecular weight is 357 g/mol. The van der Waals surface area contributed by atoms with Crippen molar-refractivity contribution in [1.82, 2.24) is 10.2 Å². The molecule has 1 aliphatic carbocycles. The number of fused-ring (bicyclic) bond motifs is 2. The maximum Gasteiger partial charge on any atom is 0.317 e. The number of anilines is 1. The van der Waals surface area contributed by atoms with Gasteiger partial charge < -0.3 is 20.2 Å². The van der Waals surface area contributed by atoms with Crippen LogP contribution in [0.1, 0.15) is 31.2 Å². The third-order valence-electron chi connectivity index (χ3n) is 6.45. The summed E-state index contributed by atoms with van der Waals surface area (Å²) in [5.41, 5.74) is 2.02. The number of carboxylic acid groups (broad SMARTS) is 1. The van der Waals surface area contributed by atoms with Crippen LogP contribution in [0.15, 0.2) is 24.3 Å². The number of rotatable bonds is 5. The topological polar surface area (TPSA) is 72.9 Å². The monoisotopic (exact) mass is 357 g/mol. The summed E-state index contributed by atoms with van der Waals surface area (Å²) in [6.07, 6.45) is 4.57. The van der Waals surface area contributed by atoms with E-state index in [1.165, 1.54) is 11.3 Å². The molecule has 0 aromatic heterocycles. The van der Waals surface area contributed by atoms with Crippen molar-refractivity contribution in [3.8, 4) is 0 Å². The van der Waals surface area contributed by atoms with Crippen molar-refractivity contribution < 1.29 is 14.7 Å². The second-order valence-electron chi connectivity index (χ2n) is 7.88. The highest BCUT2D eigenvalue weighted by Crippen LogP contribution is 2.48. The maximum absolute atomic E-state index is 12.4. The number of carbonyl (C=O) groups excluding carboxylic acids is 1. The van der Waals surface area contributed by atoms with Gasteiger partial charge in [-0.1, -0.05) is 24.6 Å². The molecular weight excluding hydrogens is 330 g/mol.